The Morgan fingerprint density at radius 2 is 1.58 bits per heavy atom. The van der Waals surface area contributed by atoms with E-state index in [1.54, 1.807) is 0 Å². The second-order valence-electron chi connectivity index (χ2n) is 4.15. The molecule has 0 spiro atoms. The topological polar surface area (TPSA) is 17.1 Å². The lowest BCUT2D eigenvalue weighted by Crippen LogP contribution is -2.04. The second kappa shape index (κ2) is 3.13. The molecule has 0 aliphatic heterocycles. The fourth-order valence-electron chi connectivity index (χ4n) is 2.63. The van der Waals surface area contributed by atoms with Crippen molar-refractivity contribution in [2.45, 2.75) is 42.8 Å². The van der Waals surface area contributed by atoms with Gasteiger partial charge in [0.2, 0.25) is 0 Å². The maximum Gasteiger partial charge on any atom is 0.137 e. The summed E-state index contributed by atoms with van der Waals surface area (Å²) in [6.07, 6.45) is 9.03. The van der Waals surface area contributed by atoms with Crippen LogP contribution in [-0.2, 0) is 4.79 Å². The van der Waals surface area contributed by atoms with Gasteiger partial charge in [-0.05, 0) is 24.7 Å². The molecule has 3 atom stereocenters. The van der Waals surface area contributed by atoms with Gasteiger partial charge in [0.25, 0.3) is 0 Å². The van der Waals surface area contributed by atoms with Crippen LogP contribution in [0, 0.1) is 11.8 Å². The van der Waals surface area contributed by atoms with Crippen LogP contribution in [0.2, 0.25) is 0 Å². The number of hydrogen-bond acceptors (Lipinski definition) is 1. The van der Waals surface area contributed by atoms with Crippen LogP contribution in [0.4, 0.5) is 0 Å². The highest BCUT2D eigenvalue weighted by molar-refractivity contribution is 9.10. The average Bonchev–Trinajstić information content (AvgIpc) is 2.54. The third kappa shape index (κ3) is 1.24. The average molecular weight is 231 g/mol. The first-order chi connectivity index (χ1) is 5.79. The molecule has 0 radical (unpaired) electrons. The zero-order valence-electron chi connectivity index (χ0n) is 7.26. The zero-order chi connectivity index (χ0) is 8.60. The Hall–Kier alpha value is 0.150. The van der Waals surface area contributed by atoms with E-state index in [4.69, 9.17) is 0 Å². The maximum absolute atomic E-state index is 10.8. The largest absolute Gasteiger partial charge is 0.302 e. The number of hydrogen-bond donors (Lipinski definition) is 0. The van der Waals surface area contributed by atoms with Crippen LogP contribution in [-0.4, -0.2) is 10.6 Å². The van der Waals surface area contributed by atoms with Gasteiger partial charge in [-0.15, -0.1) is 0 Å². The number of halogens is 1. The van der Waals surface area contributed by atoms with Crippen LogP contribution in [0.3, 0.4) is 0 Å². The SMILES string of the molecule is O=CC1(Br)[C@@H]2CCCCCC[C@@H]21. The van der Waals surface area contributed by atoms with Gasteiger partial charge in [0.05, 0.1) is 4.32 Å². The van der Waals surface area contributed by atoms with E-state index in [0.717, 1.165) is 6.29 Å². The molecule has 0 N–H and O–H groups in total. The first-order valence-corrected chi connectivity index (χ1v) is 5.73. The summed E-state index contributed by atoms with van der Waals surface area (Å²) in [4.78, 5) is 10.8. The van der Waals surface area contributed by atoms with Gasteiger partial charge < -0.3 is 4.79 Å². The van der Waals surface area contributed by atoms with Crippen LogP contribution >= 0.6 is 15.9 Å². The van der Waals surface area contributed by atoms with E-state index in [1.807, 2.05) is 0 Å². The molecule has 2 rings (SSSR count). The number of fused-ring (bicyclic) bond motifs is 1. The summed E-state index contributed by atoms with van der Waals surface area (Å²) in [7, 11) is 0. The first-order valence-electron chi connectivity index (χ1n) is 4.94. The van der Waals surface area contributed by atoms with Gasteiger partial charge in [0.15, 0.2) is 0 Å². The molecule has 0 aromatic heterocycles. The van der Waals surface area contributed by atoms with Crippen molar-refractivity contribution in [3.63, 3.8) is 0 Å². The van der Waals surface area contributed by atoms with Crippen molar-refractivity contribution in [1.82, 2.24) is 0 Å². The van der Waals surface area contributed by atoms with Crippen molar-refractivity contribution < 1.29 is 4.79 Å². The Labute approximate surface area is 82.0 Å². The molecule has 0 bridgehead atoms. The van der Waals surface area contributed by atoms with Crippen molar-refractivity contribution in [3.8, 4) is 0 Å². The Morgan fingerprint density at radius 1 is 1.08 bits per heavy atom. The van der Waals surface area contributed by atoms with E-state index < -0.39 is 0 Å². The zero-order valence-corrected chi connectivity index (χ0v) is 8.85. The highest BCUT2D eigenvalue weighted by Crippen LogP contribution is 2.61. The van der Waals surface area contributed by atoms with Gasteiger partial charge in [-0.25, -0.2) is 0 Å². The van der Waals surface area contributed by atoms with Crippen molar-refractivity contribution in [2.75, 3.05) is 0 Å². The normalized spacial score (nSPS) is 47.1. The Morgan fingerprint density at radius 3 is 2.00 bits per heavy atom. The molecule has 0 saturated heterocycles. The third-order valence-corrected chi connectivity index (χ3v) is 4.84. The minimum atomic E-state index is -0.0999. The number of carbonyl (C=O) groups excluding carboxylic acids is 1. The van der Waals surface area contributed by atoms with Crippen molar-refractivity contribution in [2.24, 2.45) is 11.8 Å². The number of rotatable bonds is 1. The third-order valence-electron chi connectivity index (χ3n) is 3.47. The van der Waals surface area contributed by atoms with E-state index >= 15 is 0 Å². The van der Waals surface area contributed by atoms with Crippen LogP contribution in [0.25, 0.3) is 0 Å². The van der Waals surface area contributed by atoms with Crippen molar-refractivity contribution in [3.05, 3.63) is 0 Å². The summed E-state index contributed by atoms with van der Waals surface area (Å²) in [5.74, 6) is 1.32. The minimum Gasteiger partial charge on any atom is -0.302 e. The van der Waals surface area contributed by atoms with Gasteiger partial charge in [0.1, 0.15) is 6.29 Å². The predicted molar refractivity (Wildman–Crippen MR) is 52.4 cm³/mol. The molecular formula is C10H15BrO. The van der Waals surface area contributed by atoms with Gasteiger partial charge in [-0.2, -0.15) is 0 Å². The lowest BCUT2D eigenvalue weighted by atomic mass is 10.0. The summed E-state index contributed by atoms with van der Waals surface area (Å²) >= 11 is 3.58. The van der Waals surface area contributed by atoms with Gasteiger partial charge in [0, 0.05) is 0 Å². The van der Waals surface area contributed by atoms with E-state index in [9.17, 15) is 4.79 Å². The first kappa shape index (κ1) is 8.74. The monoisotopic (exact) mass is 230 g/mol. The van der Waals surface area contributed by atoms with Gasteiger partial charge in [-0.3, -0.25) is 0 Å². The quantitative estimate of drug-likeness (QED) is 0.501. The molecule has 2 aliphatic carbocycles. The number of carbonyl (C=O) groups is 1. The molecule has 68 valence electrons. The molecule has 2 fully saturated rings. The Bertz CT molecular complexity index is 176. The summed E-state index contributed by atoms with van der Waals surface area (Å²) in [5, 5.41) is 0. The molecule has 12 heavy (non-hydrogen) atoms. The molecular weight excluding hydrogens is 216 g/mol. The van der Waals surface area contributed by atoms with Crippen LogP contribution in [0.5, 0.6) is 0 Å². The summed E-state index contributed by atoms with van der Waals surface area (Å²) in [6, 6.07) is 0. The number of aldehydes is 1. The van der Waals surface area contributed by atoms with E-state index in [-0.39, 0.29) is 4.32 Å². The number of alkyl halides is 1. The van der Waals surface area contributed by atoms with Crippen LogP contribution < -0.4 is 0 Å². The summed E-state index contributed by atoms with van der Waals surface area (Å²) < 4.78 is -0.0999. The summed E-state index contributed by atoms with van der Waals surface area (Å²) in [6.45, 7) is 0. The lowest BCUT2D eigenvalue weighted by Gasteiger charge is -2.04. The fraction of sp³-hybridized carbons (Fsp3) is 0.900. The van der Waals surface area contributed by atoms with Crippen molar-refractivity contribution >= 4 is 22.2 Å². The second-order valence-corrected chi connectivity index (χ2v) is 5.52. The fourth-order valence-corrected chi connectivity index (χ4v) is 3.59. The highest BCUT2D eigenvalue weighted by Gasteiger charge is 2.61. The molecule has 1 unspecified atom stereocenters. The lowest BCUT2D eigenvalue weighted by molar-refractivity contribution is -0.108. The van der Waals surface area contributed by atoms with E-state index in [0.29, 0.717) is 11.8 Å². The minimum absolute atomic E-state index is 0.0999. The van der Waals surface area contributed by atoms with Crippen LogP contribution in [0.1, 0.15) is 38.5 Å². The summed E-state index contributed by atoms with van der Waals surface area (Å²) in [5.41, 5.74) is 0. The highest BCUT2D eigenvalue weighted by atomic mass is 79.9. The standard InChI is InChI=1S/C10H15BrO/c11-10(7-12)8-5-3-1-2-4-6-9(8)10/h7-9H,1-6H2/t8-,9+,10?. The van der Waals surface area contributed by atoms with Crippen molar-refractivity contribution in [1.29, 1.82) is 0 Å². The molecule has 0 heterocycles. The molecule has 1 nitrogen and oxygen atoms in total. The molecule has 2 aliphatic rings. The Balaban J connectivity index is 2.01. The van der Waals surface area contributed by atoms with Gasteiger partial charge >= 0.3 is 0 Å². The molecule has 0 amide bonds. The van der Waals surface area contributed by atoms with E-state index in [2.05, 4.69) is 15.9 Å². The Kier molecular flexibility index (Phi) is 2.28. The predicted octanol–water partition coefficient (Wildman–Crippen LogP) is 2.92. The molecule has 2 saturated carbocycles. The molecule has 0 aromatic carbocycles. The maximum atomic E-state index is 10.8. The molecule has 0 aromatic rings. The van der Waals surface area contributed by atoms with Crippen LogP contribution in [0.15, 0.2) is 0 Å². The smallest absolute Gasteiger partial charge is 0.137 e. The van der Waals surface area contributed by atoms with E-state index in [1.165, 1.54) is 38.5 Å². The van der Waals surface area contributed by atoms with Gasteiger partial charge in [-0.1, -0.05) is 41.6 Å². The molecule has 2 heteroatoms.